The number of nitrogens with zero attached hydrogens (tertiary/aromatic N) is 2. The van der Waals surface area contributed by atoms with Crippen LogP contribution in [0.15, 0.2) is 0 Å². The first kappa shape index (κ1) is 11.7. The molecule has 8 heteroatoms. The van der Waals surface area contributed by atoms with Crippen LogP contribution in [0.25, 0.3) is 0 Å². The molecule has 0 rings (SSSR count). The van der Waals surface area contributed by atoms with Crippen molar-refractivity contribution in [1.82, 2.24) is 10.8 Å². The molecule has 0 bridgehead atoms. The van der Waals surface area contributed by atoms with E-state index in [0.717, 1.165) is 0 Å². The summed E-state index contributed by atoms with van der Waals surface area (Å²) in [6.45, 7) is 2.88. The Hall–Kier alpha value is -0.320. The van der Waals surface area contributed by atoms with E-state index in [1.54, 1.807) is 0 Å². The minimum absolute atomic E-state index is 0.483. The van der Waals surface area contributed by atoms with Crippen molar-refractivity contribution in [2.75, 3.05) is 0 Å². The third-order valence-corrected chi connectivity index (χ3v) is 1.18. The highest BCUT2D eigenvalue weighted by molar-refractivity contribution is 4.55. The van der Waals surface area contributed by atoms with Crippen LogP contribution in [0, 0.1) is 0 Å². The number of hydrogen-bond donors (Lipinski definition) is 4. The van der Waals surface area contributed by atoms with Gasteiger partial charge in [-0.15, -0.1) is 0 Å². The quantitative estimate of drug-likeness (QED) is 0.435. The van der Waals surface area contributed by atoms with Crippen molar-refractivity contribution in [3.8, 4) is 0 Å². The van der Waals surface area contributed by atoms with E-state index in [0.29, 0.717) is 0 Å². The monoisotopic (exact) mass is 184 g/mol. The minimum atomic E-state index is -0.762. The van der Waals surface area contributed by atoms with Crippen LogP contribution in [-0.4, -0.2) is 43.8 Å². The Morgan fingerprint density at radius 2 is 1.08 bits per heavy atom. The molecule has 4 N–H and O–H groups in total. The highest BCUT2D eigenvalue weighted by atomic mass is 17.1. The molecule has 0 amide bonds. The summed E-state index contributed by atoms with van der Waals surface area (Å²) >= 11 is 0. The van der Waals surface area contributed by atoms with Crippen molar-refractivity contribution < 1.29 is 30.5 Å². The van der Waals surface area contributed by atoms with Gasteiger partial charge in [0.05, 0.1) is 10.8 Å². The Kier molecular flexibility index (Phi) is 5.20. The summed E-state index contributed by atoms with van der Waals surface area (Å²) in [7, 11) is 0. The molecule has 0 aliphatic heterocycles. The molecule has 0 aliphatic rings. The molecule has 0 unspecified atom stereocenters. The van der Waals surface area contributed by atoms with Crippen molar-refractivity contribution in [3.63, 3.8) is 0 Å². The fourth-order valence-corrected chi connectivity index (χ4v) is 0.469. The van der Waals surface area contributed by atoms with Gasteiger partial charge in [0.25, 0.3) is 0 Å². The van der Waals surface area contributed by atoms with E-state index in [-0.39, 0.29) is 0 Å². The summed E-state index contributed by atoms with van der Waals surface area (Å²) in [5, 5.41) is 31.7. The van der Waals surface area contributed by atoms with Crippen molar-refractivity contribution in [1.29, 1.82) is 0 Å². The Morgan fingerprint density at radius 1 is 0.833 bits per heavy atom. The molecule has 0 aromatic carbocycles. The van der Waals surface area contributed by atoms with E-state index in [1.165, 1.54) is 13.8 Å². The zero-order valence-electron chi connectivity index (χ0n) is 6.65. The minimum Gasteiger partial charge on any atom is -0.266 e. The summed E-state index contributed by atoms with van der Waals surface area (Å²) in [4.78, 5) is 8.57. The molecular weight excluding hydrogens is 172 g/mol. The molecule has 0 saturated carbocycles. The molecule has 0 heterocycles. The maximum atomic E-state index is 8.18. The van der Waals surface area contributed by atoms with Gasteiger partial charge in [0.1, 0.15) is 12.2 Å². The standard InChI is InChI=1S/C4H12N2O6/c1-3(11-5(7)8)4(2)12-6(9)10/h3-4,7-10H,1-2H3/t3-,4-/m1/s1. The van der Waals surface area contributed by atoms with Gasteiger partial charge >= 0.3 is 0 Å². The van der Waals surface area contributed by atoms with E-state index >= 15 is 0 Å². The molecule has 0 aromatic rings. The van der Waals surface area contributed by atoms with E-state index in [2.05, 4.69) is 9.68 Å². The lowest BCUT2D eigenvalue weighted by Crippen LogP contribution is -2.35. The molecule has 0 aromatic heterocycles. The lowest BCUT2D eigenvalue weighted by molar-refractivity contribution is -0.535. The van der Waals surface area contributed by atoms with Gasteiger partial charge in [-0.25, -0.2) is 9.68 Å². The Bertz CT molecular complexity index is 106. The maximum absolute atomic E-state index is 8.18. The summed E-state index contributed by atoms with van der Waals surface area (Å²) < 4.78 is 0. The summed E-state index contributed by atoms with van der Waals surface area (Å²) in [5.74, 6) is 0. The van der Waals surface area contributed by atoms with Gasteiger partial charge < -0.3 is 0 Å². The van der Waals surface area contributed by atoms with Crippen LogP contribution in [0.3, 0.4) is 0 Å². The lowest BCUT2D eigenvalue weighted by Gasteiger charge is -2.21. The van der Waals surface area contributed by atoms with Gasteiger partial charge in [0, 0.05) is 0 Å². The van der Waals surface area contributed by atoms with Crippen LogP contribution >= 0.6 is 0 Å². The largest absolute Gasteiger partial charge is 0.266 e. The molecule has 0 radical (unpaired) electrons. The van der Waals surface area contributed by atoms with Gasteiger partial charge in [0.15, 0.2) is 0 Å². The molecule has 8 nitrogen and oxygen atoms in total. The van der Waals surface area contributed by atoms with Crippen molar-refractivity contribution in [3.05, 3.63) is 0 Å². The van der Waals surface area contributed by atoms with Gasteiger partial charge in [-0.2, -0.15) is 0 Å². The summed E-state index contributed by atoms with van der Waals surface area (Å²) in [6.07, 6.45) is -1.52. The van der Waals surface area contributed by atoms with Gasteiger partial charge in [-0.3, -0.25) is 20.8 Å². The lowest BCUT2D eigenvalue weighted by atomic mass is 10.3. The fourth-order valence-electron chi connectivity index (χ4n) is 0.469. The molecule has 0 spiro atoms. The third kappa shape index (κ3) is 5.35. The van der Waals surface area contributed by atoms with Crippen LogP contribution in [0.4, 0.5) is 0 Å². The van der Waals surface area contributed by atoms with Crippen molar-refractivity contribution in [2.45, 2.75) is 26.1 Å². The molecule has 2 atom stereocenters. The molecule has 0 aliphatic carbocycles. The smallest absolute Gasteiger partial charge is 0.110 e. The van der Waals surface area contributed by atoms with Gasteiger partial charge in [-0.1, -0.05) is 0 Å². The second kappa shape index (κ2) is 5.35. The predicted molar refractivity (Wildman–Crippen MR) is 31.9 cm³/mol. The van der Waals surface area contributed by atoms with Gasteiger partial charge in [-0.05, 0) is 13.8 Å². The van der Waals surface area contributed by atoms with Gasteiger partial charge in [0.2, 0.25) is 0 Å². The van der Waals surface area contributed by atoms with Crippen molar-refractivity contribution >= 4 is 0 Å². The normalized spacial score (nSPS) is 17.0. The third-order valence-electron chi connectivity index (χ3n) is 1.18. The molecule has 0 fully saturated rings. The number of hydrogen-bond acceptors (Lipinski definition) is 8. The van der Waals surface area contributed by atoms with Crippen molar-refractivity contribution in [2.24, 2.45) is 0 Å². The predicted octanol–water partition coefficient (Wildman–Crippen LogP) is -0.213. The highest BCUT2D eigenvalue weighted by Crippen LogP contribution is 2.03. The van der Waals surface area contributed by atoms with E-state index < -0.39 is 23.0 Å². The van der Waals surface area contributed by atoms with Crippen LogP contribution in [0.2, 0.25) is 0 Å². The summed E-state index contributed by atoms with van der Waals surface area (Å²) in [5.41, 5.74) is 0. The van der Waals surface area contributed by atoms with Crippen LogP contribution in [0.1, 0.15) is 13.8 Å². The molecule has 12 heavy (non-hydrogen) atoms. The Balaban J connectivity index is 3.68. The Morgan fingerprint density at radius 3 is 1.25 bits per heavy atom. The van der Waals surface area contributed by atoms with Crippen LogP contribution < -0.4 is 0 Å². The highest BCUT2D eigenvalue weighted by Gasteiger charge is 2.18. The van der Waals surface area contributed by atoms with E-state index in [4.69, 9.17) is 20.8 Å². The first-order valence-corrected chi connectivity index (χ1v) is 3.12. The molecule has 74 valence electrons. The average Bonchev–Trinajstić information content (AvgIpc) is 1.84. The first-order chi connectivity index (χ1) is 5.43. The topological polar surface area (TPSA) is 106 Å². The molecular formula is C4H12N2O6. The Labute approximate surface area is 68.5 Å². The fraction of sp³-hybridized carbons (Fsp3) is 1.00. The van der Waals surface area contributed by atoms with E-state index in [1.807, 2.05) is 0 Å². The van der Waals surface area contributed by atoms with Crippen LogP contribution in [-0.2, 0) is 9.68 Å². The molecule has 0 saturated heterocycles. The average molecular weight is 184 g/mol. The summed E-state index contributed by atoms with van der Waals surface area (Å²) in [6, 6.07) is 0. The first-order valence-electron chi connectivity index (χ1n) is 3.12. The maximum Gasteiger partial charge on any atom is 0.110 e. The second-order valence-corrected chi connectivity index (χ2v) is 2.13. The number of rotatable bonds is 5. The van der Waals surface area contributed by atoms with Crippen LogP contribution in [0.5, 0.6) is 0 Å². The SMILES string of the molecule is C[C@@H](ON(O)O)[C@@H](C)ON(O)O. The van der Waals surface area contributed by atoms with E-state index in [9.17, 15) is 0 Å². The zero-order chi connectivity index (χ0) is 9.72. The second-order valence-electron chi connectivity index (χ2n) is 2.13. The zero-order valence-corrected chi connectivity index (χ0v) is 6.65.